The van der Waals surface area contributed by atoms with Gasteiger partial charge in [-0.15, -0.1) is 0 Å². The molecular formula is C31H28N4O4S. The number of carbonyl (C=O) groups excluding carboxylic acids is 2. The second kappa shape index (κ2) is 9.88. The van der Waals surface area contributed by atoms with Gasteiger partial charge in [0, 0.05) is 30.6 Å². The monoisotopic (exact) mass is 552 g/mol. The lowest BCUT2D eigenvalue weighted by Crippen LogP contribution is -2.47. The third kappa shape index (κ3) is 4.50. The number of H-pyrrole nitrogens is 1. The van der Waals surface area contributed by atoms with Crippen molar-refractivity contribution < 1.29 is 18.2 Å². The molecule has 0 aliphatic carbocycles. The Morgan fingerprint density at radius 2 is 1.82 bits per heavy atom. The van der Waals surface area contributed by atoms with Gasteiger partial charge in [0.25, 0.3) is 5.91 Å². The van der Waals surface area contributed by atoms with Gasteiger partial charge in [-0.25, -0.2) is 8.99 Å². The molecule has 0 saturated carbocycles. The van der Waals surface area contributed by atoms with Gasteiger partial charge in [0.15, 0.2) is 22.0 Å². The molecule has 1 unspecified atom stereocenters. The van der Waals surface area contributed by atoms with Crippen molar-refractivity contribution in [3.63, 3.8) is 0 Å². The summed E-state index contributed by atoms with van der Waals surface area (Å²) < 4.78 is 29.6. The molecule has 202 valence electrons. The van der Waals surface area contributed by atoms with Crippen molar-refractivity contribution in [1.29, 1.82) is 4.78 Å². The number of aromatic amines is 1. The lowest BCUT2D eigenvalue weighted by atomic mass is 9.74. The molecular weight excluding hydrogens is 524 g/mol. The van der Waals surface area contributed by atoms with E-state index in [1.165, 1.54) is 12.1 Å². The number of nitrogens with one attached hydrogen (secondary N) is 2. The molecule has 40 heavy (non-hydrogen) atoms. The normalized spacial score (nSPS) is 17.1. The molecule has 9 heteroatoms. The first kappa shape index (κ1) is 25.7. The molecule has 0 radical (unpaired) electrons. The SMILES string of the molecule is Cc1ccc2c(c1)C1(CCN(C(=O)c3ccc(C#Cc4ccccc4)[nH]3)CC1)CN2S(=N)(=O)c1ccc(C=O)o1. The molecule has 4 heterocycles. The third-order valence-electron chi connectivity index (χ3n) is 7.78. The maximum absolute atomic E-state index is 13.8. The molecule has 2 aliphatic heterocycles. The van der Waals surface area contributed by atoms with Crippen LogP contribution in [-0.4, -0.2) is 45.9 Å². The topological polar surface area (TPSA) is 110 Å². The van der Waals surface area contributed by atoms with Crippen LogP contribution in [0.2, 0.25) is 0 Å². The summed E-state index contributed by atoms with van der Waals surface area (Å²) in [6, 6.07) is 22.1. The van der Waals surface area contributed by atoms with Crippen LogP contribution < -0.4 is 4.31 Å². The first-order valence-electron chi connectivity index (χ1n) is 13.1. The van der Waals surface area contributed by atoms with Crippen molar-refractivity contribution in [3.8, 4) is 11.8 Å². The summed E-state index contributed by atoms with van der Waals surface area (Å²) in [5.41, 5.74) is 4.57. The molecule has 2 aromatic carbocycles. The van der Waals surface area contributed by atoms with E-state index in [0.717, 1.165) is 22.4 Å². The van der Waals surface area contributed by atoms with Gasteiger partial charge in [-0.3, -0.25) is 13.9 Å². The van der Waals surface area contributed by atoms with E-state index in [-0.39, 0.29) is 22.2 Å². The zero-order valence-electron chi connectivity index (χ0n) is 22.0. The van der Waals surface area contributed by atoms with Crippen molar-refractivity contribution in [2.75, 3.05) is 23.9 Å². The molecule has 2 aromatic heterocycles. The number of aldehydes is 1. The summed E-state index contributed by atoms with van der Waals surface area (Å²) >= 11 is 0. The average molecular weight is 553 g/mol. The van der Waals surface area contributed by atoms with Crippen molar-refractivity contribution in [3.05, 3.63) is 107 Å². The van der Waals surface area contributed by atoms with E-state index in [1.807, 2.05) is 60.4 Å². The number of rotatable bonds is 4. The largest absolute Gasteiger partial charge is 0.442 e. The predicted octanol–water partition coefficient (Wildman–Crippen LogP) is 5.14. The van der Waals surface area contributed by atoms with Crippen LogP contribution in [0.4, 0.5) is 5.69 Å². The van der Waals surface area contributed by atoms with E-state index in [4.69, 9.17) is 9.20 Å². The number of likely N-dealkylation sites (tertiary alicyclic amines) is 1. The summed E-state index contributed by atoms with van der Waals surface area (Å²) in [4.78, 5) is 29.5. The quantitative estimate of drug-likeness (QED) is 0.270. The number of aromatic nitrogens is 1. The summed E-state index contributed by atoms with van der Waals surface area (Å²) in [6.07, 6.45) is 1.87. The molecule has 4 aromatic rings. The van der Waals surface area contributed by atoms with E-state index in [2.05, 4.69) is 22.9 Å². The number of carbonyl (C=O) groups is 2. The Kier molecular flexibility index (Phi) is 6.35. The Balaban J connectivity index is 1.21. The first-order valence-corrected chi connectivity index (χ1v) is 14.6. The summed E-state index contributed by atoms with van der Waals surface area (Å²) in [6.45, 7) is 3.44. The van der Waals surface area contributed by atoms with E-state index in [9.17, 15) is 13.8 Å². The Labute approximate surface area is 233 Å². The number of aryl methyl sites for hydroxylation is 1. The highest BCUT2D eigenvalue weighted by atomic mass is 32.2. The minimum Gasteiger partial charge on any atom is -0.442 e. The van der Waals surface area contributed by atoms with Gasteiger partial charge in [0.2, 0.25) is 5.09 Å². The van der Waals surface area contributed by atoms with Crippen molar-refractivity contribution in [2.45, 2.75) is 30.3 Å². The molecule has 1 spiro atoms. The van der Waals surface area contributed by atoms with Crippen LogP contribution in [-0.2, 0) is 15.3 Å². The van der Waals surface area contributed by atoms with Crippen LogP contribution in [0.3, 0.4) is 0 Å². The van der Waals surface area contributed by atoms with Crippen molar-refractivity contribution in [1.82, 2.24) is 9.88 Å². The maximum Gasteiger partial charge on any atom is 0.270 e. The van der Waals surface area contributed by atoms with Gasteiger partial charge in [0.05, 0.1) is 11.4 Å². The number of hydrogen-bond donors (Lipinski definition) is 2. The second-order valence-electron chi connectivity index (χ2n) is 10.3. The van der Waals surface area contributed by atoms with Crippen molar-refractivity contribution in [2.24, 2.45) is 0 Å². The van der Waals surface area contributed by atoms with Crippen LogP contribution in [0.5, 0.6) is 0 Å². The Morgan fingerprint density at radius 3 is 2.55 bits per heavy atom. The van der Waals surface area contributed by atoms with Crippen LogP contribution >= 0.6 is 0 Å². The first-order chi connectivity index (χ1) is 19.3. The van der Waals surface area contributed by atoms with E-state index in [0.29, 0.717) is 50.1 Å². The molecule has 1 amide bonds. The molecule has 2 aliphatic rings. The van der Waals surface area contributed by atoms with Gasteiger partial charge in [0.1, 0.15) is 5.69 Å². The molecule has 0 bridgehead atoms. The lowest BCUT2D eigenvalue weighted by molar-refractivity contribution is 0.0669. The lowest BCUT2D eigenvalue weighted by Gasteiger charge is -2.40. The van der Waals surface area contributed by atoms with Crippen LogP contribution in [0.15, 0.2) is 82.3 Å². The zero-order chi connectivity index (χ0) is 27.9. The number of benzene rings is 2. The average Bonchev–Trinajstić information content (AvgIpc) is 3.72. The molecule has 1 saturated heterocycles. The number of anilines is 1. The number of amides is 1. The van der Waals surface area contributed by atoms with Crippen LogP contribution in [0.25, 0.3) is 0 Å². The van der Waals surface area contributed by atoms with Gasteiger partial charge < -0.3 is 14.3 Å². The van der Waals surface area contributed by atoms with Crippen LogP contribution in [0, 0.1) is 23.5 Å². The minimum atomic E-state index is -3.52. The maximum atomic E-state index is 13.8. The summed E-state index contributed by atoms with van der Waals surface area (Å²) in [5, 5.41) is -0.0382. The number of nitrogens with zero attached hydrogens (tertiary/aromatic N) is 2. The standard InChI is InChI=1S/C31H28N4O4S/c1-22-7-13-28-26(19-22)31(21-35(28)40(32,38)29-14-11-25(20-36)39-29)15-17-34(18-16-31)30(37)27-12-10-24(33-27)9-8-23-5-3-2-4-6-23/h2-7,10-14,19-20,32-33H,15-18,21H2,1H3. The summed E-state index contributed by atoms with van der Waals surface area (Å²) in [5.74, 6) is 6.14. The minimum absolute atomic E-state index is 0.0382. The fourth-order valence-corrected chi connectivity index (χ4v) is 7.16. The third-order valence-corrected chi connectivity index (χ3v) is 9.49. The number of furan rings is 1. The Bertz CT molecular complexity index is 1770. The highest BCUT2D eigenvalue weighted by Gasteiger charge is 2.48. The molecule has 6 rings (SSSR count). The smallest absolute Gasteiger partial charge is 0.270 e. The van der Waals surface area contributed by atoms with E-state index >= 15 is 0 Å². The highest BCUT2D eigenvalue weighted by Crippen LogP contribution is 2.49. The Morgan fingerprint density at radius 1 is 1.05 bits per heavy atom. The Hall–Kier alpha value is -4.55. The number of piperidine rings is 1. The van der Waals surface area contributed by atoms with E-state index in [1.54, 1.807) is 10.4 Å². The van der Waals surface area contributed by atoms with Gasteiger partial charge in [-0.1, -0.05) is 41.8 Å². The van der Waals surface area contributed by atoms with Gasteiger partial charge >= 0.3 is 0 Å². The molecule has 8 nitrogen and oxygen atoms in total. The van der Waals surface area contributed by atoms with E-state index < -0.39 is 9.92 Å². The number of hydrogen-bond acceptors (Lipinski definition) is 5. The molecule has 1 atom stereocenters. The summed E-state index contributed by atoms with van der Waals surface area (Å²) in [7, 11) is -3.52. The predicted molar refractivity (Wildman–Crippen MR) is 152 cm³/mol. The van der Waals surface area contributed by atoms with Gasteiger partial charge in [-0.2, -0.15) is 0 Å². The fraction of sp³-hybridized carbons (Fsp3) is 0.226. The second-order valence-corrected chi connectivity index (χ2v) is 12.2. The molecule has 1 fully saturated rings. The zero-order valence-corrected chi connectivity index (χ0v) is 22.8. The molecule has 2 N–H and O–H groups in total. The number of fused-ring (bicyclic) bond motifs is 2. The highest BCUT2D eigenvalue weighted by molar-refractivity contribution is 7.93. The van der Waals surface area contributed by atoms with Crippen LogP contribution in [0.1, 0.15) is 56.3 Å². The fourth-order valence-electron chi connectivity index (χ4n) is 5.61. The van der Waals surface area contributed by atoms with Crippen molar-refractivity contribution >= 4 is 27.8 Å². The van der Waals surface area contributed by atoms with Gasteiger partial charge in [-0.05, 0) is 73.7 Å².